The molecule has 0 fully saturated rings. The molecule has 10 nitrogen and oxygen atoms in total. The summed E-state index contributed by atoms with van der Waals surface area (Å²) in [5, 5.41) is 11.7. The molecule has 0 rings (SSSR count). The SMILES string of the molecule is CCOC(=O)CC(NCCC[Si](OC)(O/N=C(/C)CCC(C)C)O/N=C(\C)CCC(C)C)C(=O)OCC. The molecular formula is C26H51N3O7Si. The van der Waals surface area contributed by atoms with Crippen molar-refractivity contribution in [2.24, 2.45) is 22.1 Å². The molecule has 2 unspecified atom stereocenters. The van der Waals surface area contributed by atoms with Crippen LogP contribution >= 0.6 is 0 Å². The fraction of sp³-hybridized carbons (Fsp3) is 0.846. The topological polar surface area (TPSA) is 117 Å². The van der Waals surface area contributed by atoms with E-state index in [2.05, 4.69) is 43.3 Å². The van der Waals surface area contributed by atoms with Gasteiger partial charge in [-0.2, -0.15) is 0 Å². The van der Waals surface area contributed by atoms with Gasteiger partial charge in [0.25, 0.3) is 0 Å². The zero-order valence-electron chi connectivity index (χ0n) is 24.6. The first-order valence-corrected chi connectivity index (χ1v) is 15.5. The van der Waals surface area contributed by atoms with Crippen molar-refractivity contribution in [3.8, 4) is 0 Å². The van der Waals surface area contributed by atoms with Gasteiger partial charge in [-0.25, -0.2) is 0 Å². The molecule has 0 heterocycles. The number of carbonyl (C=O) groups is 2. The number of hydrogen-bond acceptors (Lipinski definition) is 10. The quantitative estimate of drug-likeness (QED) is 0.0696. The Kier molecular flexibility index (Phi) is 19.0. The van der Waals surface area contributed by atoms with Crippen molar-refractivity contribution in [2.75, 3.05) is 26.9 Å². The fourth-order valence-electron chi connectivity index (χ4n) is 3.12. The maximum atomic E-state index is 12.3. The standard InChI is InChI=1S/C26H51N3O7Si/c1-10-33-25(30)19-24(26(31)34-11-2)27-17-12-18-37(32-9,35-28-22(7)15-13-20(3)4)36-29-23(8)16-14-21(5)6/h20-21,24,27H,10-19H2,1-9H3/b28-22-,29-23+. The molecule has 0 aliphatic carbocycles. The van der Waals surface area contributed by atoms with E-state index < -0.39 is 26.8 Å². The minimum atomic E-state index is -3.29. The molecule has 11 heteroatoms. The molecule has 0 saturated carbocycles. The Morgan fingerprint density at radius 3 is 1.81 bits per heavy atom. The number of nitrogens with zero attached hydrogens (tertiary/aromatic N) is 2. The van der Waals surface area contributed by atoms with Gasteiger partial charge in [-0.1, -0.05) is 27.7 Å². The second-order valence-electron chi connectivity index (χ2n) is 9.96. The fourth-order valence-corrected chi connectivity index (χ4v) is 4.88. The summed E-state index contributed by atoms with van der Waals surface area (Å²) >= 11 is 0. The van der Waals surface area contributed by atoms with Crippen LogP contribution in [0.15, 0.2) is 10.3 Å². The molecule has 0 aliphatic heterocycles. The zero-order valence-corrected chi connectivity index (χ0v) is 25.6. The van der Waals surface area contributed by atoms with Gasteiger partial charge in [-0.15, -0.1) is 10.3 Å². The highest BCUT2D eigenvalue weighted by atomic mass is 28.4. The summed E-state index contributed by atoms with van der Waals surface area (Å²) < 4.78 is 27.7. The van der Waals surface area contributed by atoms with Crippen LogP contribution in [0.25, 0.3) is 0 Å². The number of hydrogen-bond donors (Lipinski definition) is 1. The van der Waals surface area contributed by atoms with Gasteiger partial charge < -0.3 is 28.3 Å². The number of ether oxygens (including phenoxy) is 2. The summed E-state index contributed by atoms with van der Waals surface area (Å²) in [5.41, 5.74) is 1.73. The van der Waals surface area contributed by atoms with Crippen molar-refractivity contribution in [3.63, 3.8) is 0 Å². The molecule has 0 amide bonds. The Morgan fingerprint density at radius 1 is 0.865 bits per heavy atom. The van der Waals surface area contributed by atoms with Gasteiger partial charge in [-0.3, -0.25) is 9.59 Å². The summed E-state index contributed by atoms with van der Waals surface area (Å²) in [6.07, 6.45) is 4.09. The minimum absolute atomic E-state index is 0.106. The van der Waals surface area contributed by atoms with Crippen LogP contribution in [0.1, 0.15) is 93.9 Å². The highest BCUT2D eigenvalue weighted by Gasteiger charge is 2.46. The Morgan fingerprint density at radius 2 is 1.38 bits per heavy atom. The molecule has 0 aromatic heterocycles. The summed E-state index contributed by atoms with van der Waals surface area (Å²) in [6.45, 7) is 16.8. The lowest BCUT2D eigenvalue weighted by atomic mass is 10.1. The van der Waals surface area contributed by atoms with Gasteiger partial charge in [-0.05, 0) is 78.2 Å². The van der Waals surface area contributed by atoms with E-state index >= 15 is 0 Å². The lowest BCUT2D eigenvalue weighted by Crippen LogP contribution is -2.44. The average molecular weight is 546 g/mol. The third-order valence-corrected chi connectivity index (χ3v) is 7.78. The van der Waals surface area contributed by atoms with Crippen LogP contribution in [0, 0.1) is 11.8 Å². The van der Waals surface area contributed by atoms with Gasteiger partial charge in [0.2, 0.25) is 0 Å². The summed E-state index contributed by atoms with van der Waals surface area (Å²) in [4.78, 5) is 24.2. The lowest BCUT2D eigenvalue weighted by Gasteiger charge is -2.24. The van der Waals surface area contributed by atoms with Crippen molar-refractivity contribution in [3.05, 3.63) is 0 Å². The van der Waals surface area contributed by atoms with E-state index in [0.29, 0.717) is 30.8 Å². The van der Waals surface area contributed by atoms with Gasteiger partial charge in [0.15, 0.2) is 0 Å². The predicted molar refractivity (Wildman–Crippen MR) is 148 cm³/mol. The van der Waals surface area contributed by atoms with Crippen molar-refractivity contribution in [2.45, 2.75) is 106 Å². The molecule has 0 aliphatic rings. The molecular weight excluding hydrogens is 494 g/mol. The summed E-state index contributed by atoms with van der Waals surface area (Å²) in [6, 6.07) is -0.389. The number of nitrogens with one attached hydrogen (secondary N) is 1. The molecule has 0 radical (unpaired) electrons. The van der Waals surface area contributed by atoms with Crippen LogP contribution in [-0.4, -0.2) is 65.1 Å². The Labute approximate surface area is 225 Å². The van der Waals surface area contributed by atoms with Crippen LogP contribution in [0.4, 0.5) is 0 Å². The maximum Gasteiger partial charge on any atom is 0.673 e. The third-order valence-electron chi connectivity index (χ3n) is 5.46. The molecule has 1 N–H and O–H groups in total. The first kappa shape index (κ1) is 35.0. The Bertz CT molecular complexity index is 684. The molecule has 2 atom stereocenters. The van der Waals surface area contributed by atoms with Gasteiger partial charge >= 0.3 is 20.7 Å². The molecule has 37 heavy (non-hydrogen) atoms. The highest BCUT2D eigenvalue weighted by molar-refractivity contribution is 6.60. The minimum Gasteiger partial charge on any atom is -0.466 e. The van der Waals surface area contributed by atoms with Crippen LogP contribution < -0.4 is 5.32 Å². The second kappa shape index (κ2) is 20.0. The lowest BCUT2D eigenvalue weighted by molar-refractivity contribution is -0.152. The average Bonchev–Trinajstić information content (AvgIpc) is 2.84. The van der Waals surface area contributed by atoms with E-state index in [1.54, 1.807) is 21.0 Å². The van der Waals surface area contributed by atoms with E-state index in [-0.39, 0.29) is 19.6 Å². The first-order chi connectivity index (χ1) is 17.5. The highest BCUT2D eigenvalue weighted by Crippen LogP contribution is 2.20. The van der Waals surface area contributed by atoms with Crippen LogP contribution in [0.5, 0.6) is 0 Å². The number of carbonyl (C=O) groups excluding carboxylic acids is 2. The maximum absolute atomic E-state index is 12.3. The number of rotatable bonds is 21. The largest absolute Gasteiger partial charge is 0.673 e. The molecule has 0 aromatic rings. The normalized spacial score (nSPS) is 14.9. The number of esters is 2. The first-order valence-electron chi connectivity index (χ1n) is 13.5. The summed E-state index contributed by atoms with van der Waals surface area (Å²) in [7, 11) is -1.75. The summed E-state index contributed by atoms with van der Waals surface area (Å²) in [5.74, 6) is 0.172. The molecule has 0 saturated heterocycles. The Hall–Kier alpha value is -1.98. The van der Waals surface area contributed by atoms with Crippen LogP contribution in [0.3, 0.4) is 0 Å². The monoisotopic (exact) mass is 545 g/mol. The van der Waals surface area contributed by atoms with Crippen molar-refractivity contribution in [1.82, 2.24) is 5.32 Å². The predicted octanol–water partition coefficient (Wildman–Crippen LogP) is 5.09. The molecule has 0 aromatic carbocycles. The van der Waals surface area contributed by atoms with E-state index in [1.807, 2.05) is 13.8 Å². The van der Waals surface area contributed by atoms with E-state index in [0.717, 1.165) is 37.1 Å². The third kappa shape index (κ3) is 17.2. The Balaban J connectivity index is 5.37. The van der Waals surface area contributed by atoms with E-state index in [4.69, 9.17) is 23.0 Å². The van der Waals surface area contributed by atoms with Crippen molar-refractivity contribution >= 4 is 32.2 Å². The smallest absolute Gasteiger partial charge is 0.466 e. The van der Waals surface area contributed by atoms with E-state index in [1.165, 1.54) is 0 Å². The molecule has 0 bridgehead atoms. The van der Waals surface area contributed by atoms with Crippen molar-refractivity contribution in [1.29, 1.82) is 0 Å². The van der Waals surface area contributed by atoms with Gasteiger partial charge in [0.05, 0.1) is 31.1 Å². The van der Waals surface area contributed by atoms with Crippen LogP contribution in [-0.2, 0) is 32.5 Å². The van der Waals surface area contributed by atoms with E-state index in [9.17, 15) is 9.59 Å². The molecule has 0 spiro atoms. The zero-order chi connectivity index (χ0) is 28.3. The second-order valence-corrected chi connectivity index (χ2v) is 12.6. The number of oxime groups is 2. The molecule has 216 valence electrons. The van der Waals surface area contributed by atoms with Gasteiger partial charge in [0.1, 0.15) is 6.04 Å². The van der Waals surface area contributed by atoms with Gasteiger partial charge in [0, 0.05) is 13.2 Å². The van der Waals surface area contributed by atoms with Crippen molar-refractivity contribution < 1.29 is 32.5 Å². The van der Waals surface area contributed by atoms with Crippen LogP contribution in [0.2, 0.25) is 6.04 Å².